The number of carbonyl (C=O) groups excluding carboxylic acids is 3. The van der Waals surface area contributed by atoms with Gasteiger partial charge in [0.1, 0.15) is 17.6 Å². The maximum Gasteiger partial charge on any atom is 0.411 e. The summed E-state index contributed by atoms with van der Waals surface area (Å²) in [5.41, 5.74) is -0.612. The second-order valence-corrected chi connectivity index (χ2v) is 13.2. The molecule has 7 atom stereocenters. The number of amides is 3. The summed E-state index contributed by atoms with van der Waals surface area (Å²) >= 11 is 0. The number of carbonyl (C=O) groups is 3. The van der Waals surface area contributed by atoms with E-state index in [1.807, 2.05) is 37.3 Å². The Hall–Kier alpha value is -3.63. The number of para-hydroxylation sites is 1. The number of benzene rings is 2. The van der Waals surface area contributed by atoms with E-state index in [1.165, 1.54) is 6.92 Å². The normalized spacial score (nSPS) is 31.5. The highest BCUT2D eigenvalue weighted by Gasteiger charge is 2.60. The first kappa shape index (κ1) is 31.8. The predicted octanol–water partition coefficient (Wildman–Crippen LogP) is 4.71. The Bertz CT molecular complexity index is 1320. The number of likely N-dealkylation sites (tertiary alicyclic amines) is 1. The van der Waals surface area contributed by atoms with Crippen molar-refractivity contribution in [3.63, 3.8) is 0 Å². The molecule has 2 aromatic rings. The van der Waals surface area contributed by atoms with Crippen LogP contribution in [0.25, 0.3) is 0 Å². The van der Waals surface area contributed by atoms with Gasteiger partial charge in [0.25, 0.3) is 0 Å². The van der Waals surface area contributed by atoms with Crippen molar-refractivity contribution in [1.29, 1.82) is 0 Å². The van der Waals surface area contributed by atoms with Crippen LogP contribution in [-0.4, -0.2) is 71.0 Å². The van der Waals surface area contributed by atoms with E-state index < -0.39 is 29.1 Å². The van der Waals surface area contributed by atoms with Gasteiger partial charge in [-0.1, -0.05) is 32.0 Å². The van der Waals surface area contributed by atoms with Crippen molar-refractivity contribution >= 4 is 23.6 Å². The zero-order valence-corrected chi connectivity index (χ0v) is 25.8. The molecule has 10 heteroatoms. The van der Waals surface area contributed by atoms with E-state index >= 15 is 0 Å². The maximum absolute atomic E-state index is 13.4. The molecule has 2 aromatic carbocycles. The summed E-state index contributed by atoms with van der Waals surface area (Å²) in [6, 6.07) is 16.4. The Morgan fingerprint density at radius 1 is 0.977 bits per heavy atom. The van der Waals surface area contributed by atoms with Gasteiger partial charge in [-0.25, -0.2) is 4.79 Å². The van der Waals surface area contributed by atoms with Crippen LogP contribution in [0, 0.1) is 22.7 Å². The minimum atomic E-state index is -0.747. The Balaban J connectivity index is 1.22. The van der Waals surface area contributed by atoms with Crippen molar-refractivity contribution in [2.45, 2.75) is 77.5 Å². The van der Waals surface area contributed by atoms with Gasteiger partial charge in [0.2, 0.25) is 11.8 Å². The van der Waals surface area contributed by atoms with Gasteiger partial charge in [-0.05, 0) is 85.8 Å². The number of aliphatic hydroxyl groups is 2. The molecular weight excluding hydrogens is 562 g/mol. The van der Waals surface area contributed by atoms with Crippen LogP contribution in [0.3, 0.4) is 0 Å². The van der Waals surface area contributed by atoms with Crippen LogP contribution in [-0.2, 0) is 14.3 Å². The summed E-state index contributed by atoms with van der Waals surface area (Å²) < 4.78 is 11.8. The SMILES string of the molecule is CC(=O)N[C@H]1CCN(C(=O)C[C@@H]2[C@H](O)CC[C@H]3[C@](C)(CO)[C@H](OC(=O)Nc4ccc(Oc5ccccc5)cc4)CC[C@]32C)C1. The van der Waals surface area contributed by atoms with Gasteiger partial charge >= 0.3 is 6.09 Å². The number of nitrogens with zero attached hydrogens (tertiary/aromatic N) is 1. The summed E-state index contributed by atoms with van der Waals surface area (Å²) in [4.78, 5) is 39.7. The molecule has 2 saturated carbocycles. The zero-order chi connectivity index (χ0) is 31.5. The minimum Gasteiger partial charge on any atom is -0.457 e. The van der Waals surface area contributed by atoms with Crippen molar-refractivity contribution in [2.24, 2.45) is 22.7 Å². The number of hydrogen-bond acceptors (Lipinski definition) is 7. The molecule has 1 aliphatic heterocycles. The highest BCUT2D eigenvalue weighted by molar-refractivity contribution is 5.84. The lowest BCUT2D eigenvalue weighted by Gasteiger charge is -2.60. The number of ether oxygens (including phenoxy) is 2. The lowest BCUT2D eigenvalue weighted by Crippen LogP contribution is -2.61. The molecule has 0 unspecified atom stereocenters. The lowest BCUT2D eigenvalue weighted by atomic mass is 9.46. The Kier molecular flexibility index (Phi) is 9.51. The number of aliphatic hydroxyl groups excluding tert-OH is 2. The van der Waals surface area contributed by atoms with Crippen LogP contribution >= 0.6 is 0 Å². The van der Waals surface area contributed by atoms with Gasteiger partial charge in [-0.3, -0.25) is 14.9 Å². The first-order valence-corrected chi connectivity index (χ1v) is 15.7. The van der Waals surface area contributed by atoms with Crippen LogP contribution < -0.4 is 15.4 Å². The average molecular weight is 608 g/mol. The van der Waals surface area contributed by atoms with E-state index in [1.54, 1.807) is 29.2 Å². The number of nitrogens with one attached hydrogen (secondary N) is 2. The van der Waals surface area contributed by atoms with Crippen molar-refractivity contribution in [1.82, 2.24) is 10.2 Å². The Morgan fingerprint density at radius 2 is 1.68 bits per heavy atom. The van der Waals surface area contributed by atoms with Crippen LogP contribution in [0.2, 0.25) is 0 Å². The van der Waals surface area contributed by atoms with Crippen LogP contribution in [0.4, 0.5) is 10.5 Å². The third-order valence-electron chi connectivity index (χ3n) is 10.3. The van der Waals surface area contributed by atoms with Crippen molar-refractivity contribution in [2.75, 3.05) is 25.0 Å². The fourth-order valence-electron chi connectivity index (χ4n) is 8.00. The van der Waals surface area contributed by atoms with E-state index in [0.717, 1.165) is 0 Å². The van der Waals surface area contributed by atoms with Crippen molar-refractivity contribution in [3.8, 4) is 11.5 Å². The molecule has 238 valence electrons. The average Bonchev–Trinajstić information content (AvgIpc) is 3.46. The smallest absolute Gasteiger partial charge is 0.411 e. The predicted molar refractivity (Wildman–Crippen MR) is 165 cm³/mol. The summed E-state index contributed by atoms with van der Waals surface area (Å²) in [7, 11) is 0. The number of hydrogen-bond donors (Lipinski definition) is 4. The molecular formula is C34H45N3O7. The number of rotatable bonds is 8. The molecule has 2 aliphatic carbocycles. The monoisotopic (exact) mass is 607 g/mol. The standard InChI is InChI=1S/C34H45N3O7/c1-22(39)35-24-16-18-37(20-24)31(41)19-27-28(40)13-14-29-33(27,2)17-15-30(34(29,3)21-38)44-32(42)36-23-9-11-26(12-10-23)43-25-7-5-4-6-8-25/h4-12,24,27-30,38,40H,13-21H2,1-3H3,(H,35,39)(H,36,42)/t24-,27+,28+,29+,30+,33-,34-/m0/s1. The fourth-order valence-corrected chi connectivity index (χ4v) is 8.00. The third kappa shape index (κ3) is 6.71. The van der Waals surface area contributed by atoms with E-state index in [2.05, 4.69) is 17.6 Å². The Morgan fingerprint density at radius 3 is 2.36 bits per heavy atom. The number of anilines is 1. The van der Waals surface area contributed by atoms with E-state index in [-0.39, 0.29) is 42.7 Å². The molecule has 0 spiro atoms. The van der Waals surface area contributed by atoms with E-state index in [0.29, 0.717) is 62.4 Å². The molecule has 5 rings (SSSR count). The molecule has 44 heavy (non-hydrogen) atoms. The van der Waals surface area contributed by atoms with Gasteiger partial charge in [0.15, 0.2) is 0 Å². The molecule has 3 aliphatic rings. The summed E-state index contributed by atoms with van der Waals surface area (Å²) in [6.07, 6.45) is 1.50. The quantitative estimate of drug-likeness (QED) is 0.341. The molecule has 3 fully saturated rings. The van der Waals surface area contributed by atoms with Gasteiger partial charge in [0.05, 0.1) is 12.7 Å². The molecule has 10 nitrogen and oxygen atoms in total. The third-order valence-corrected chi connectivity index (χ3v) is 10.3. The highest BCUT2D eigenvalue weighted by Crippen LogP contribution is 2.61. The van der Waals surface area contributed by atoms with Gasteiger partial charge < -0.3 is 29.9 Å². The molecule has 0 radical (unpaired) electrons. The molecule has 1 saturated heterocycles. The number of fused-ring (bicyclic) bond motifs is 1. The van der Waals surface area contributed by atoms with Crippen LogP contribution in [0.5, 0.6) is 11.5 Å². The summed E-state index contributed by atoms with van der Waals surface area (Å²) in [5, 5.41) is 27.6. The fraction of sp³-hybridized carbons (Fsp3) is 0.559. The van der Waals surface area contributed by atoms with Gasteiger partial charge in [0, 0.05) is 43.6 Å². The van der Waals surface area contributed by atoms with E-state index in [4.69, 9.17) is 9.47 Å². The first-order valence-electron chi connectivity index (χ1n) is 15.7. The minimum absolute atomic E-state index is 0.0209. The topological polar surface area (TPSA) is 137 Å². The summed E-state index contributed by atoms with van der Waals surface area (Å²) in [5.74, 6) is 0.879. The van der Waals surface area contributed by atoms with Crippen molar-refractivity contribution in [3.05, 3.63) is 54.6 Å². The molecule has 0 bridgehead atoms. The molecule has 1 heterocycles. The van der Waals surface area contributed by atoms with E-state index in [9.17, 15) is 24.6 Å². The lowest BCUT2D eigenvalue weighted by molar-refractivity contribution is -0.186. The first-order chi connectivity index (χ1) is 21.0. The molecule has 3 amide bonds. The zero-order valence-electron chi connectivity index (χ0n) is 25.8. The maximum atomic E-state index is 13.4. The van der Waals surface area contributed by atoms with Gasteiger partial charge in [-0.15, -0.1) is 0 Å². The highest BCUT2D eigenvalue weighted by atomic mass is 16.6. The second-order valence-electron chi connectivity index (χ2n) is 13.2. The molecule has 0 aromatic heterocycles. The second kappa shape index (κ2) is 13.2. The molecule has 4 N–H and O–H groups in total. The van der Waals surface area contributed by atoms with Crippen LogP contribution in [0.1, 0.15) is 59.3 Å². The largest absolute Gasteiger partial charge is 0.457 e. The van der Waals surface area contributed by atoms with Gasteiger partial charge in [-0.2, -0.15) is 0 Å². The summed E-state index contributed by atoms with van der Waals surface area (Å²) in [6.45, 7) is 6.42. The van der Waals surface area contributed by atoms with Crippen LogP contribution in [0.15, 0.2) is 54.6 Å². The Labute approximate surface area is 259 Å². The van der Waals surface area contributed by atoms with Crippen molar-refractivity contribution < 1.29 is 34.1 Å².